The summed E-state index contributed by atoms with van der Waals surface area (Å²) < 4.78 is 16.5. The van der Waals surface area contributed by atoms with Crippen LogP contribution >= 0.6 is 11.6 Å². The van der Waals surface area contributed by atoms with E-state index in [9.17, 15) is 4.79 Å². The molecule has 3 aromatic rings. The van der Waals surface area contributed by atoms with Crippen LogP contribution in [0.15, 0.2) is 54.7 Å². The summed E-state index contributed by atoms with van der Waals surface area (Å²) in [6.07, 6.45) is 1.13. The first-order chi connectivity index (χ1) is 14.0. The van der Waals surface area contributed by atoms with Crippen molar-refractivity contribution in [3.05, 3.63) is 70.9 Å². The molecule has 8 heteroatoms. The van der Waals surface area contributed by atoms with Gasteiger partial charge in [-0.1, -0.05) is 23.7 Å². The standard InChI is InChI=1S/C21H18ClN3O4/c1-12(29-19-9-15(22)10-24-20(19)23)13-3-2-4-16(7-13)25-21(26)14-5-6-17-18(8-14)28-11-27-17/h2-10,12H,11H2,1H3,(H2,23,24)(H,25,26)/t12-/m1/s1. The van der Waals surface area contributed by atoms with Crippen LogP contribution < -0.4 is 25.3 Å². The number of nitrogens with zero attached hydrogens (tertiary/aromatic N) is 1. The molecule has 1 aliphatic heterocycles. The quantitative estimate of drug-likeness (QED) is 0.644. The van der Waals surface area contributed by atoms with Crippen molar-refractivity contribution in [1.82, 2.24) is 4.98 Å². The fourth-order valence-corrected chi connectivity index (χ4v) is 3.04. The Labute approximate surface area is 172 Å². The van der Waals surface area contributed by atoms with Gasteiger partial charge in [0.25, 0.3) is 5.91 Å². The number of ether oxygens (including phenoxy) is 3. The van der Waals surface area contributed by atoms with E-state index in [0.29, 0.717) is 33.5 Å². The Kier molecular flexibility index (Phi) is 5.14. The van der Waals surface area contributed by atoms with E-state index < -0.39 is 0 Å². The highest BCUT2D eigenvalue weighted by atomic mass is 35.5. The van der Waals surface area contributed by atoms with Crippen molar-refractivity contribution in [2.45, 2.75) is 13.0 Å². The smallest absolute Gasteiger partial charge is 0.255 e. The number of hydrogen-bond donors (Lipinski definition) is 2. The number of anilines is 2. The van der Waals surface area contributed by atoms with E-state index in [4.69, 9.17) is 31.5 Å². The zero-order valence-electron chi connectivity index (χ0n) is 15.5. The van der Waals surface area contributed by atoms with Crippen molar-refractivity contribution < 1.29 is 19.0 Å². The van der Waals surface area contributed by atoms with Crippen LogP contribution in [-0.2, 0) is 0 Å². The largest absolute Gasteiger partial charge is 0.482 e. The average molecular weight is 412 g/mol. The van der Waals surface area contributed by atoms with Gasteiger partial charge in [0.2, 0.25) is 6.79 Å². The Balaban J connectivity index is 1.48. The Morgan fingerprint density at radius 2 is 2.03 bits per heavy atom. The van der Waals surface area contributed by atoms with Gasteiger partial charge in [0, 0.05) is 23.5 Å². The van der Waals surface area contributed by atoms with E-state index in [1.54, 1.807) is 30.3 Å². The number of rotatable bonds is 5. The summed E-state index contributed by atoms with van der Waals surface area (Å²) in [5.41, 5.74) is 7.81. The van der Waals surface area contributed by atoms with Gasteiger partial charge in [-0.3, -0.25) is 4.79 Å². The van der Waals surface area contributed by atoms with Crippen molar-refractivity contribution in [1.29, 1.82) is 0 Å². The molecule has 0 saturated heterocycles. The Bertz CT molecular complexity index is 1070. The van der Waals surface area contributed by atoms with Gasteiger partial charge >= 0.3 is 0 Å². The van der Waals surface area contributed by atoms with Crippen molar-refractivity contribution >= 4 is 29.0 Å². The molecule has 0 aliphatic carbocycles. The van der Waals surface area contributed by atoms with Crippen LogP contribution in [0.25, 0.3) is 0 Å². The number of halogens is 1. The maximum atomic E-state index is 12.6. The topological polar surface area (TPSA) is 95.7 Å². The third kappa shape index (κ3) is 4.20. The van der Waals surface area contributed by atoms with Crippen molar-refractivity contribution in [3.8, 4) is 17.2 Å². The summed E-state index contributed by atoms with van der Waals surface area (Å²) in [4.78, 5) is 16.6. The molecule has 0 unspecified atom stereocenters. The number of fused-ring (bicyclic) bond motifs is 1. The molecule has 148 valence electrons. The summed E-state index contributed by atoms with van der Waals surface area (Å²) in [7, 11) is 0. The second-order valence-corrected chi connectivity index (χ2v) is 6.88. The zero-order valence-corrected chi connectivity index (χ0v) is 16.3. The van der Waals surface area contributed by atoms with Gasteiger partial charge in [-0.05, 0) is 42.8 Å². The second-order valence-electron chi connectivity index (χ2n) is 6.44. The van der Waals surface area contributed by atoms with Gasteiger partial charge < -0.3 is 25.3 Å². The minimum Gasteiger partial charge on any atom is -0.482 e. The molecule has 1 atom stereocenters. The van der Waals surface area contributed by atoms with Gasteiger partial charge in [-0.2, -0.15) is 0 Å². The van der Waals surface area contributed by atoms with E-state index in [1.165, 1.54) is 6.20 Å². The predicted molar refractivity (Wildman–Crippen MR) is 110 cm³/mol. The first kappa shape index (κ1) is 18.9. The molecule has 3 N–H and O–H groups in total. The highest BCUT2D eigenvalue weighted by molar-refractivity contribution is 6.30. The number of nitrogens with one attached hydrogen (secondary N) is 1. The van der Waals surface area contributed by atoms with E-state index >= 15 is 0 Å². The molecule has 1 aromatic heterocycles. The molecule has 1 aliphatic rings. The Hall–Kier alpha value is -3.45. The SMILES string of the molecule is C[C@@H](Oc1cc(Cl)cnc1N)c1cccc(NC(=O)c2ccc3c(c2)OCO3)c1. The highest BCUT2D eigenvalue weighted by Crippen LogP contribution is 2.33. The summed E-state index contributed by atoms with van der Waals surface area (Å²) in [6, 6.07) is 14.0. The van der Waals surface area contributed by atoms with Crippen molar-refractivity contribution in [2.24, 2.45) is 0 Å². The molecule has 2 aromatic carbocycles. The second kappa shape index (κ2) is 7.89. The monoisotopic (exact) mass is 411 g/mol. The maximum absolute atomic E-state index is 12.6. The predicted octanol–water partition coefficient (Wildman–Crippen LogP) is 4.44. The maximum Gasteiger partial charge on any atom is 0.255 e. The molecule has 0 spiro atoms. The molecule has 0 saturated carbocycles. The van der Waals surface area contributed by atoms with Gasteiger partial charge in [-0.15, -0.1) is 0 Å². The molecular formula is C21H18ClN3O4. The normalized spacial score (nSPS) is 13.0. The fourth-order valence-electron chi connectivity index (χ4n) is 2.89. The lowest BCUT2D eigenvalue weighted by molar-refractivity contribution is 0.102. The molecule has 2 heterocycles. The number of aromatic nitrogens is 1. The minimum absolute atomic E-state index is 0.160. The van der Waals surface area contributed by atoms with Gasteiger partial charge in [0.1, 0.15) is 6.10 Å². The number of hydrogen-bond acceptors (Lipinski definition) is 6. The number of benzene rings is 2. The van der Waals surface area contributed by atoms with Crippen LogP contribution in [0.1, 0.15) is 28.9 Å². The Morgan fingerprint density at radius 1 is 1.21 bits per heavy atom. The number of carbonyl (C=O) groups excluding carboxylic acids is 1. The van der Waals surface area contributed by atoms with Crippen LogP contribution in [0.2, 0.25) is 5.02 Å². The van der Waals surface area contributed by atoms with Gasteiger partial charge in [0.05, 0.1) is 5.02 Å². The van der Waals surface area contributed by atoms with Crippen LogP contribution in [0, 0.1) is 0 Å². The van der Waals surface area contributed by atoms with Crippen LogP contribution in [0.3, 0.4) is 0 Å². The number of nitrogens with two attached hydrogens (primary N) is 1. The lowest BCUT2D eigenvalue weighted by Crippen LogP contribution is -2.12. The van der Waals surface area contributed by atoms with Gasteiger partial charge in [-0.25, -0.2) is 4.98 Å². The molecule has 0 bridgehead atoms. The number of nitrogen functional groups attached to an aromatic ring is 1. The molecule has 0 radical (unpaired) electrons. The highest BCUT2D eigenvalue weighted by Gasteiger charge is 2.17. The number of carbonyl (C=O) groups is 1. The van der Waals surface area contributed by atoms with E-state index in [2.05, 4.69) is 10.3 Å². The third-order valence-electron chi connectivity index (χ3n) is 4.40. The molecule has 4 rings (SSSR count). The fraction of sp³-hybridized carbons (Fsp3) is 0.143. The molecule has 0 fully saturated rings. The first-order valence-corrected chi connectivity index (χ1v) is 9.26. The average Bonchev–Trinajstić information content (AvgIpc) is 3.18. The number of amides is 1. The summed E-state index contributed by atoms with van der Waals surface area (Å²) >= 11 is 5.96. The van der Waals surface area contributed by atoms with Gasteiger partial charge in [0.15, 0.2) is 23.1 Å². The van der Waals surface area contributed by atoms with E-state index in [-0.39, 0.29) is 24.6 Å². The van der Waals surface area contributed by atoms with Crippen LogP contribution in [0.4, 0.5) is 11.5 Å². The third-order valence-corrected chi connectivity index (χ3v) is 4.61. The summed E-state index contributed by atoms with van der Waals surface area (Å²) in [6.45, 7) is 2.03. The molecule has 1 amide bonds. The molecule has 29 heavy (non-hydrogen) atoms. The number of pyridine rings is 1. The molecular weight excluding hydrogens is 394 g/mol. The lowest BCUT2D eigenvalue weighted by Gasteiger charge is -2.17. The van der Waals surface area contributed by atoms with E-state index in [0.717, 1.165) is 5.56 Å². The van der Waals surface area contributed by atoms with Crippen molar-refractivity contribution in [3.63, 3.8) is 0 Å². The minimum atomic E-state index is -0.333. The van der Waals surface area contributed by atoms with Crippen LogP contribution in [-0.4, -0.2) is 17.7 Å². The van der Waals surface area contributed by atoms with Crippen LogP contribution in [0.5, 0.6) is 17.2 Å². The van der Waals surface area contributed by atoms with E-state index in [1.807, 2.05) is 25.1 Å². The summed E-state index contributed by atoms with van der Waals surface area (Å²) in [5, 5.41) is 3.32. The molecule has 7 nitrogen and oxygen atoms in total. The Morgan fingerprint density at radius 3 is 2.90 bits per heavy atom. The van der Waals surface area contributed by atoms with Crippen molar-refractivity contribution in [2.75, 3.05) is 17.8 Å². The summed E-state index contributed by atoms with van der Waals surface area (Å²) in [5.74, 6) is 1.59. The zero-order chi connectivity index (χ0) is 20.4. The first-order valence-electron chi connectivity index (χ1n) is 8.88. The lowest BCUT2D eigenvalue weighted by atomic mass is 10.1.